The molecule has 1 aliphatic rings. The van der Waals surface area contributed by atoms with E-state index < -0.39 is 0 Å². The number of para-hydroxylation sites is 1. The van der Waals surface area contributed by atoms with Crippen LogP contribution in [0.4, 0.5) is 5.69 Å². The van der Waals surface area contributed by atoms with Crippen molar-refractivity contribution in [2.75, 3.05) is 31.6 Å². The number of anilines is 1. The second-order valence-electron chi connectivity index (χ2n) is 6.31. The predicted octanol–water partition coefficient (Wildman–Crippen LogP) is 2.22. The zero-order chi connectivity index (χ0) is 17.1. The molecule has 2 aromatic rings. The van der Waals surface area contributed by atoms with Crippen molar-refractivity contribution < 1.29 is 9.53 Å². The second kappa shape index (κ2) is 7.05. The van der Waals surface area contributed by atoms with E-state index in [9.17, 15) is 4.79 Å². The van der Waals surface area contributed by atoms with E-state index in [0.717, 1.165) is 25.2 Å². The molecule has 1 atom stereocenters. The van der Waals surface area contributed by atoms with Crippen LogP contribution in [0.5, 0.6) is 0 Å². The summed E-state index contributed by atoms with van der Waals surface area (Å²) in [5, 5.41) is 6.73. The van der Waals surface area contributed by atoms with Crippen LogP contribution in [0.15, 0.2) is 30.5 Å². The second-order valence-corrected chi connectivity index (χ2v) is 6.31. The van der Waals surface area contributed by atoms with Gasteiger partial charge in [-0.05, 0) is 25.5 Å². The molecule has 3 rings (SSSR count). The number of aryl methyl sites for hydroxylation is 1. The Kier molecular flexibility index (Phi) is 4.85. The first-order valence-corrected chi connectivity index (χ1v) is 8.25. The number of hydrogen-bond acceptors (Lipinski definition) is 5. The van der Waals surface area contributed by atoms with Crippen LogP contribution >= 0.6 is 0 Å². The Bertz CT molecular complexity index is 713. The summed E-state index contributed by atoms with van der Waals surface area (Å²) in [7, 11) is 1.39. The molecule has 0 amide bonds. The van der Waals surface area contributed by atoms with Gasteiger partial charge in [-0.3, -0.25) is 10.00 Å². The van der Waals surface area contributed by atoms with Gasteiger partial charge in [-0.15, -0.1) is 0 Å². The number of rotatable bonds is 4. The lowest BCUT2D eigenvalue weighted by Crippen LogP contribution is -2.51. The average molecular weight is 328 g/mol. The third-order valence-corrected chi connectivity index (χ3v) is 4.70. The van der Waals surface area contributed by atoms with Gasteiger partial charge in [0.15, 0.2) is 0 Å². The lowest BCUT2D eigenvalue weighted by atomic mass is 10.1. The normalized spacial score (nSPS) is 18.6. The number of piperazine rings is 1. The van der Waals surface area contributed by atoms with E-state index in [0.29, 0.717) is 18.3 Å². The summed E-state index contributed by atoms with van der Waals surface area (Å²) in [5.41, 5.74) is 3.95. The molecule has 1 fully saturated rings. The molecule has 2 heterocycles. The summed E-state index contributed by atoms with van der Waals surface area (Å²) < 4.78 is 4.80. The fraction of sp³-hybridized carbons (Fsp3) is 0.444. The number of carbonyl (C=O) groups is 1. The van der Waals surface area contributed by atoms with Crippen LogP contribution in [0.25, 0.3) is 0 Å². The quantitative estimate of drug-likeness (QED) is 0.872. The minimum absolute atomic E-state index is 0.367. The van der Waals surface area contributed by atoms with Gasteiger partial charge >= 0.3 is 5.97 Å². The van der Waals surface area contributed by atoms with Crippen LogP contribution in [0.1, 0.15) is 28.5 Å². The van der Waals surface area contributed by atoms with Gasteiger partial charge in [0.05, 0.1) is 13.3 Å². The minimum Gasteiger partial charge on any atom is -0.464 e. The Hall–Kier alpha value is -2.34. The van der Waals surface area contributed by atoms with E-state index in [4.69, 9.17) is 4.74 Å². The topological polar surface area (TPSA) is 61.5 Å². The summed E-state index contributed by atoms with van der Waals surface area (Å²) in [6, 6.07) is 8.89. The SMILES string of the molecule is COC(=O)c1[nH]ncc1CN1CCN(c2ccccc2C)CC1C. The van der Waals surface area contributed by atoms with Gasteiger partial charge in [-0.25, -0.2) is 4.79 Å². The van der Waals surface area contributed by atoms with Gasteiger partial charge in [0.25, 0.3) is 0 Å². The number of nitrogens with zero attached hydrogens (tertiary/aromatic N) is 3. The Morgan fingerprint density at radius 1 is 1.38 bits per heavy atom. The summed E-state index contributed by atoms with van der Waals surface area (Å²) in [4.78, 5) is 16.6. The van der Waals surface area contributed by atoms with E-state index in [1.165, 1.54) is 18.4 Å². The third kappa shape index (κ3) is 3.28. The molecule has 1 N–H and O–H groups in total. The van der Waals surface area contributed by atoms with Crippen molar-refractivity contribution in [2.24, 2.45) is 0 Å². The fourth-order valence-corrected chi connectivity index (χ4v) is 3.30. The average Bonchev–Trinajstić information content (AvgIpc) is 3.05. The number of methoxy groups -OCH3 is 1. The zero-order valence-electron chi connectivity index (χ0n) is 14.5. The molecule has 0 saturated carbocycles. The van der Waals surface area contributed by atoms with Crippen molar-refractivity contribution in [1.82, 2.24) is 15.1 Å². The highest BCUT2D eigenvalue weighted by Gasteiger charge is 2.26. The maximum Gasteiger partial charge on any atom is 0.356 e. The summed E-state index contributed by atoms with van der Waals surface area (Å²) >= 11 is 0. The number of benzene rings is 1. The standard InChI is InChI=1S/C18H24N4O2/c1-13-6-4-5-7-16(13)22-9-8-21(14(2)11-22)12-15-10-19-20-17(15)18(23)24-3/h4-7,10,14H,8-9,11-12H2,1-3H3,(H,19,20). The molecule has 1 unspecified atom stereocenters. The number of nitrogens with one attached hydrogen (secondary N) is 1. The van der Waals surface area contributed by atoms with E-state index in [1.54, 1.807) is 6.20 Å². The van der Waals surface area contributed by atoms with E-state index >= 15 is 0 Å². The maximum absolute atomic E-state index is 11.8. The lowest BCUT2D eigenvalue weighted by molar-refractivity contribution is 0.0590. The van der Waals surface area contributed by atoms with Crippen LogP contribution in [0, 0.1) is 6.92 Å². The summed E-state index contributed by atoms with van der Waals surface area (Å²) in [5.74, 6) is -0.367. The summed E-state index contributed by atoms with van der Waals surface area (Å²) in [6.45, 7) is 7.96. The highest BCUT2D eigenvalue weighted by Crippen LogP contribution is 2.24. The van der Waals surface area contributed by atoms with Gasteiger partial charge in [0, 0.05) is 43.5 Å². The molecule has 0 spiro atoms. The molecule has 0 bridgehead atoms. The number of ether oxygens (including phenoxy) is 1. The van der Waals surface area contributed by atoms with Crippen molar-refractivity contribution in [1.29, 1.82) is 0 Å². The molecule has 1 aliphatic heterocycles. The predicted molar refractivity (Wildman–Crippen MR) is 93.2 cm³/mol. The molecular formula is C18H24N4O2. The smallest absolute Gasteiger partial charge is 0.356 e. The summed E-state index contributed by atoms with van der Waals surface area (Å²) in [6.07, 6.45) is 1.71. The van der Waals surface area contributed by atoms with Crippen molar-refractivity contribution in [3.05, 3.63) is 47.3 Å². The van der Waals surface area contributed by atoms with Gasteiger partial charge in [0.1, 0.15) is 5.69 Å². The third-order valence-electron chi connectivity index (χ3n) is 4.70. The van der Waals surface area contributed by atoms with Crippen molar-refractivity contribution >= 4 is 11.7 Å². The Labute approximate surface area is 142 Å². The molecule has 6 nitrogen and oxygen atoms in total. The molecule has 0 radical (unpaired) electrons. The molecule has 24 heavy (non-hydrogen) atoms. The number of aromatic amines is 1. The molecule has 128 valence electrons. The molecule has 6 heteroatoms. The van der Waals surface area contributed by atoms with Crippen LogP contribution in [0.2, 0.25) is 0 Å². The largest absolute Gasteiger partial charge is 0.464 e. The van der Waals surface area contributed by atoms with Crippen molar-refractivity contribution in [2.45, 2.75) is 26.4 Å². The van der Waals surface area contributed by atoms with Gasteiger partial charge < -0.3 is 9.64 Å². The van der Waals surface area contributed by atoms with Crippen molar-refractivity contribution in [3.8, 4) is 0 Å². The monoisotopic (exact) mass is 328 g/mol. The van der Waals surface area contributed by atoms with E-state index in [1.807, 2.05) is 0 Å². The lowest BCUT2D eigenvalue weighted by Gasteiger charge is -2.41. The first-order valence-electron chi connectivity index (χ1n) is 8.25. The highest BCUT2D eigenvalue weighted by molar-refractivity contribution is 5.88. The van der Waals surface area contributed by atoms with Crippen molar-refractivity contribution in [3.63, 3.8) is 0 Å². The van der Waals surface area contributed by atoms with E-state index in [2.05, 4.69) is 58.1 Å². The van der Waals surface area contributed by atoms with Crippen LogP contribution in [-0.4, -0.2) is 53.9 Å². The van der Waals surface area contributed by atoms with Gasteiger partial charge in [0.2, 0.25) is 0 Å². The number of aromatic nitrogens is 2. The molecule has 0 aliphatic carbocycles. The molecule has 1 aromatic heterocycles. The number of hydrogen-bond donors (Lipinski definition) is 1. The Morgan fingerprint density at radius 3 is 2.88 bits per heavy atom. The Balaban J connectivity index is 1.68. The minimum atomic E-state index is -0.367. The zero-order valence-corrected chi connectivity index (χ0v) is 14.5. The van der Waals surface area contributed by atoms with Gasteiger partial charge in [-0.2, -0.15) is 5.10 Å². The van der Waals surface area contributed by atoms with E-state index in [-0.39, 0.29) is 5.97 Å². The van der Waals surface area contributed by atoms with Crippen LogP contribution < -0.4 is 4.90 Å². The Morgan fingerprint density at radius 2 is 2.17 bits per heavy atom. The fourth-order valence-electron chi connectivity index (χ4n) is 3.30. The number of esters is 1. The highest BCUT2D eigenvalue weighted by atomic mass is 16.5. The van der Waals surface area contributed by atoms with Crippen LogP contribution in [0.3, 0.4) is 0 Å². The first kappa shape index (κ1) is 16.5. The molecule has 1 aromatic carbocycles. The maximum atomic E-state index is 11.8. The molecular weight excluding hydrogens is 304 g/mol. The first-order chi connectivity index (χ1) is 11.6. The number of carbonyl (C=O) groups excluding carboxylic acids is 1. The van der Waals surface area contributed by atoms with Gasteiger partial charge in [-0.1, -0.05) is 18.2 Å². The number of H-pyrrole nitrogens is 1. The van der Waals surface area contributed by atoms with Crippen LogP contribution in [-0.2, 0) is 11.3 Å². The molecule has 1 saturated heterocycles.